The number of para-hydroxylation sites is 2. The van der Waals surface area contributed by atoms with Crippen molar-refractivity contribution in [3.05, 3.63) is 60.2 Å². The van der Waals surface area contributed by atoms with Gasteiger partial charge in [0.05, 0.1) is 24.0 Å². The fraction of sp³-hybridized carbons (Fsp3) is 0.269. The van der Waals surface area contributed by atoms with Crippen LogP contribution in [0.25, 0.3) is 0 Å². The van der Waals surface area contributed by atoms with Gasteiger partial charge in [0.2, 0.25) is 11.7 Å². The molecule has 2 atom stereocenters. The quantitative estimate of drug-likeness (QED) is 0.211. The van der Waals surface area contributed by atoms with Crippen molar-refractivity contribution in [2.45, 2.75) is 25.4 Å². The molecule has 0 fully saturated rings. The first-order valence-corrected chi connectivity index (χ1v) is 11.6. The predicted molar refractivity (Wildman–Crippen MR) is 134 cm³/mol. The third-order valence-electron chi connectivity index (χ3n) is 5.70. The molecule has 38 heavy (non-hydrogen) atoms. The summed E-state index contributed by atoms with van der Waals surface area (Å²) in [5, 5.41) is 14.2. The highest BCUT2D eigenvalue weighted by molar-refractivity contribution is 6.43. The molecular weight excluding hydrogens is 496 g/mol. The summed E-state index contributed by atoms with van der Waals surface area (Å²) in [5.74, 6) is -4.73. The molecule has 4 amide bonds. The number of benzene rings is 2. The third-order valence-corrected chi connectivity index (χ3v) is 5.70. The number of Topliss-reactive ketones (excluding diaryl/α,β-unsaturated/α-hetero) is 2. The van der Waals surface area contributed by atoms with E-state index in [2.05, 4.69) is 10.6 Å². The first-order chi connectivity index (χ1) is 18.2. The van der Waals surface area contributed by atoms with Crippen molar-refractivity contribution in [3.63, 3.8) is 0 Å². The molecular formula is C26H26N4O8. The van der Waals surface area contributed by atoms with E-state index in [0.717, 1.165) is 9.80 Å². The molecule has 1 unspecified atom stereocenters. The van der Waals surface area contributed by atoms with Gasteiger partial charge in [0, 0.05) is 12.0 Å². The number of fused-ring (bicyclic) bond motifs is 1. The van der Waals surface area contributed by atoms with Gasteiger partial charge in [-0.25, -0.2) is 0 Å². The van der Waals surface area contributed by atoms with Crippen LogP contribution >= 0.6 is 0 Å². The number of aliphatic hydroxyl groups is 1. The molecule has 3 N–H and O–H groups in total. The lowest BCUT2D eigenvalue weighted by atomic mass is 10.1. The molecule has 3 rings (SSSR count). The van der Waals surface area contributed by atoms with Crippen LogP contribution in [-0.2, 0) is 28.8 Å². The van der Waals surface area contributed by atoms with Crippen LogP contribution < -0.4 is 20.4 Å². The summed E-state index contributed by atoms with van der Waals surface area (Å²) in [4.78, 5) is 89.2. The van der Waals surface area contributed by atoms with Gasteiger partial charge in [-0.15, -0.1) is 0 Å². The van der Waals surface area contributed by atoms with Gasteiger partial charge in [-0.05, 0) is 19.1 Å². The minimum Gasteiger partial charge on any atom is -0.387 e. The van der Waals surface area contributed by atoms with Gasteiger partial charge in [0.15, 0.2) is 0 Å². The fourth-order valence-corrected chi connectivity index (χ4v) is 3.96. The van der Waals surface area contributed by atoms with Crippen molar-refractivity contribution in [3.8, 4) is 0 Å². The molecule has 1 aliphatic heterocycles. The number of hydrogen-bond donors (Lipinski definition) is 3. The summed E-state index contributed by atoms with van der Waals surface area (Å²) in [6.45, 7) is -0.701. The van der Waals surface area contributed by atoms with Crippen LogP contribution in [-0.4, -0.2) is 78.4 Å². The topological polar surface area (TPSA) is 170 Å². The van der Waals surface area contributed by atoms with E-state index in [9.17, 15) is 38.7 Å². The van der Waals surface area contributed by atoms with E-state index in [1.807, 2.05) is 0 Å². The molecule has 0 aromatic heterocycles. The molecule has 1 heterocycles. The smallest absolute Gasteiger partial charge is 0.293 e. The Morgan fingerprint density at radius 1 is 1.03 bits per heavy atom. The molecule has 0 bridgehead atoms. The zero-order valence-corrected chi connectivity index (χ0v) is 20.5. The molecule has 0 saturated heterocycles. The van der Waals surface area contributed by atoms with Crippen LogP contribution in [0.5, 0.6) is 0 Å². The summed E-state index contributed by atoms with van der Waals surface area (Å²) in [7, 11) is 0. The van der Waals surface area contributed by atoms with Crippen LogP contribution in [0.15, 0.2) is 54.6 Å². The first kappa shape index (κ1) is 27.9. The van der Waals surface area contributed by atoms with E-state index < -0.39 is 61.2 Å². The normalized spacial score (nSPS) is 15.5. The summed E-state index contributed by atoms with van der Waals surface area (Å²) >= 11 is 0. The minimum absolute atomic E-state index is 0.0826. The van der Waals surface area contributed by atoms with E-state index in [4.69, 9.17) is 0 Å². The van der Waals surface area contributed by atoms with E-state index >= 15 is 0 Å². The Hall–Kier alpha value is -4.71. The van der Waals surface area contributed by atoms with Crippen LogP contribution in [0.4, 0.5) is 11.4 Å². The molecule has 2 aromatic carbocycles. The van der Waals surface area contributed by atoms with Gasteiger partial charge in [-0.3, -0.25) is 33.7 Å². The second-order valence-corrected chi connectivity index (χ2v) is 8.51. The second kappa shape index (κ2) is 12.5. The van der Waals surface area contributed by atoms with Gasteiger partial charge in [-0.1, -0.05) is 42.5 Å². The molecule has 12 nitrogen and oxygen atoms in total. The molecule has 12 heteroatoms. The molecule has 0 saturated carbocycles. The molecule has 1 aliphatic rings. The number of aliphatic hydroxyl groups excluding tert-OH is 1. The predicted octanol–water partition coefficient (Wildman–Crippen LogP) is -0.611. The number of rotatable bonds is 10. The van der Waals surface area contributed by atoms with E-state index in [1.54, 1.807) is 30.3 Å². The Morgan fingerprint density at radius 2 is 1.66 bits per heavy atom. The second-order valence-electron chi connectivity index (χ2n) is 8.51. The van der Waals surface area contributed by atoms with Crippen LogP contribution in [0.3, 0.4) is 0 Å². The first-order valence-electron chi connectivity index (χ1n) is 11.6. The van der Waals surface area contributed by atoms with Gasteiger partial charge in [0.25, 0.3) is 17.7 Å². The van der Waals surface area contributed by atoms with Crippen molar-refractivity contribution in [1.82, 2.24) is 10.6 Å². The highest BCUT2D eigenvalue weighted by Gasteiger charge is 2.38. The minimum atomic E-state index is -1.47. The maximum absolute atomic E-state index is 13.6. The lowest BCUT2D eigenvalue weighted by Gasteiger charge is -2.25. The van der Waals surface area contributed by atoms with Gasteiger partial charge in [0.1, 0.15) is 31.3 Å². The Morgan fingerprint density at radius 3 is 2.26 bits per heavy atom. The maximum atomic E-state index is 13.6. The van der Waals surface area contributed by atoms with E-state index in [-0.39, 0.29) is 29.1 Å². The van der Waals surface area contributed by atoms with Gasteiger partial charge >= 0.3 is 0 Å². The van der Waals surface area contributed by atoms with Crippen molar-refractivity contribution >= 4 is 52.9 Å². The van der Waals surface area contributed by atoms with Crippen LogP contribution in [0.1, 0.15) is 23.7 Å². The van der Waals surface area contributed by atoms with Crippen molar-refractivity contribution in [1.29, 1.82) is 0 Å². The number of nitrogens with zero attached hydrogens (tertiary/aromatic N) is 2. The monoisotopic (exact) mass is 522 g/mol. The number of nitrogens with one attached hydrogen (secondary N) is 2. The van der Waals surface area contributed by atoms with E-state index in [1.165, 1.54) is 31.2 Å². The van der Waals surface area contributed by atoms with Crippen molar-refractivity contribution in [2.75, 3.05) is 29.5 Å². The number of ketones is 2. The Labute approximate surface area is 217 Å². The Balaban J connectivity index is 1.95. The van der Waals surface area contributed by atoms with Crippen LogP contribution in [0.2, 0.25) is 0 Å². The number of amides is 4. The summed E-state index contributed by atoms with van der Waals surface area (Å²) < 4.78 is 0. The van der Waals surface area contributed by atoms with Gasteiger partial charge < -0.3 is 25.4 Å². The number of aldehydes is 1. The maximum Gasteiger partial charge on any atom is 0.293 e. The standard InChI is InChI=1S/C26H26N4O8/c1-16(33)11-18(14-31)27-22(34)13-30-21-10-6-5-9-20(21)29(23(35)15-32)12-19(26(30)38)28-25(37)24(36)17-7-3-2-4-8-17/h2-10,14,18-19,32H,11-13,15H2,1H3,(H,27,34)(H,28,37)/t18-,19?/m0/s1. The number of hydrogen-bond acceptors (Lipinski definition) is 8. The highest BCUT2D eigenvalue weighted by atomic mass is 16.3. The van der Waals surface area contributed by atoms with Crippen molar-refractivity contribution < 1.29 is 38.7 Å². The van der Waals surface area contributed by atoms with Gasteiger partial charge in [-0.2, -0.15) is 0 Å². The number of carbonyl (C=O) groups excluding carboxylic acids is 7. The van der Waals surface area contributed by atoms with Crippen LogP contribution in [0, 0.1) is 0 Å². The Kier molecular flexibility index (Phi) is 9.17. The SMILES string of the molecule is CC(=O)C[C@@H](C=O)NC(=O)CN1C(=O)C(NC(=O)C(=O)c2ccccc2)CN(C(=O)CO)c2ccccc21. The molecule has 198 valence electrons. The summed E-state index contributed by atoms with van der Waals surface area (Å²) in [5.41, 5.74) is 0.378. The molecule has 0 aliphatic carbocycles. The number of anilines is 2. The summed E-state index contributed by atoms with van der Waals surface area (Å²) in [6.07, 6.45) is 0.163. The average Bonchev–Trinajstić information content (AvgIpc) is 3.02. The zero-order chi connectivity index (χ0) is 27.8. The average molecular weight is 523 g/mol. The highest BCUT2D eigenvalue weighted by Crippen LogP contribution is 2.32. The largest absolute Gasteiger partial charge is 0.387 e. The third kappa shape index (κ3) is 6.53. The molecule has 2 aromatic rings. The van der Waals surface area contributed by atoms with E-state index in [0.29, 0.717) is 6.29 Å². The molecule has 0 spiro atoms. The lowest BCUT2D eigenvalue weighted by Crippen LogP contribution is -2.56. The number of carbonyl (C=O) groups is 7. The zero-order valence-electron chi connectivity index (χ0n) is 20.5. The van der Waals surface area contributed by atoms with Crippen molar-refractivity contribution in [2.24, 2.45) is 0 Å². The fourth-order valence-electron chi connectivity index (χ4n) is 3.96. The molecule has 0 radical (unpaired) electrons. The lowest BCUT2D eigenvalue weighted by molar-refractivity contribution is -0.128. The Bertz CT molecular complexity index is 1260. The summed E-state index contributed by atoms with van der Waals surface area (Å²) in [6, 6.07) is 11.2.